The van der Waals surface area contributed by atoms with E-state index in [0.717, 1.165) is 41.3 Å². The molecular formula is C18H19ClN2. The number of halogens is 1. The molecule has 1 heterocycles. The Morgan fingerprint density at radius 2 is 1.95 bits per heavy atom. The number of fused-ring (bicyclic) bond motifs is 1. The van der Waals surface area contributed by atoms with E-state index in [9.17, 15) is 0 Å². The van der Waals surface area contributed by atoms with Gasteiger partial charge in [0, 0.05) is 11.4 Å². The van der Waals surface area contributed by atoms with Gasteiger partial charge in [-0.2, -0.15) is 0 Å². The molecule has 0 amide bonds. The Bertz CT molecular complexity index is 774. The maximum atomic E-state index is 6.39. The van der Waals surface area contributed by atoms with Gasteiger partial charge in [-0.05, 0) is 42.7 Å². The lowest BCUT2D eigenvalue weighted by atomic mass is 10.1. The van der Waals surface area contributed by atoms with E-state index in [2.05, 4.69) is 48.7 Å². The van der Waals surface area contributed by atoms with Crippen LogP contribution in [0.15, 0.2) is 42.5 Å². The maximum Gasteiger partial charge on any atom is 0.110 e. The molecular weight excluding hydrogens is 280 g/mol. The van der Waals surface area contributed by atoms with E-state index in [0.29, 0.717) is 0 Å². The number of aryl methyl sites for hydroxylation is 2. The molecule has 3 heteroatoms. The van der Waals surface area contributed by atoms with Crippen LogP contribution in [-0.4, -0.2) is 9.55 Å². The van der Waals surface area contributed by atoms with Crippen molar-refractivity contribution in [2.75, 3.05) is 0 Å². The molecule has 0 aliphatic heterocycles. The first-order valence-corrected chi connectivity index (χ1v) is 7.76. The topological polar surface area (TPSA) is 17.8 Å². The van der Waals surface area contributed by atoms with Crippen LogP contribution >= 0.6 is 11.6 Å². The fraction of sp³-hybridized carbons (Fsp3) is 0.278. The predicted molar refractivity (Wildman–Crippen MR) is 89.0 cm³/mol. The summed E-state index contributed by atoms with van der Waals surface area (Å²) in [6.45, 7) is 5.02. The van der Waals surface area contributed by atoms with Crippen LogP contribution in [0.4, 0.5) is 0 Å². The van der Waals surface area contributed by atoms with E-state index in [1.807, 2.05) is 12.1 Å². The van der Waals surface area contributed by atoms with Crippen LogP contribution in [0.5, 0.6) is 0 Å². The molecule has 0 atom stereocenters. The van der Waals surface area contributed by atoms with Gasteiger partial charge in [-0.15, -0.1) is 0 Å². The first kappa shape index (κ1) is 14.2. The molecule has 3 aromatic rings. The Hall–Kier alpha value is -1.80. The molecule has 0 radical (unpaired) electrons. The first-order valence-electron chi connectivity index (χ1n) is 7.38. The molecule has 0 unspecified atom stereocenters. The lowest BCUT2D eigenvalue weighted by Gasteiger charge is -2.11. The van der Waals surface area contributed by atoms with E-state index in [-0.39, 0.29) is 0 Å². The average Bonchev–Trinajstić information content (AvgIpc) is 2.80. The lowest BCUT2D eigenvalue weighted by Crippen LogP contribution is -2.05. The molecule has 0 N–H and O–H groups in total. The molecule has 0 aliphatic rings. The number of hydrogen-bond donors (Lipinski definition) is 0. The van der Waals surface area contributed by atoms with Crippen LogP contribution in [0.1, 0.15) is 30.3 Å². The summed E-state index contributed by atoms with van der Waals surface area (Å²) < 4.78 is 2.29. The van der Waals surface area contributed by atoms with Crippen LogP contribution in [0.2, 0.25) is 5.02 Å². The number of hydrogen-bond acceptors (Lipinski definition) is 1. The molecule has 2 aromatic carbocycles. The minimum absolute atomic E-state index is 0.773. The van der Waals surface area contributed by atoms with E-state index < -0.39 is 0 Å². The molecule has 0 aliphatic carbocycles. The van der Waals surface area contributed by atoms with Crippen LogP contribution in [0.25, 0.3) is 11.0 Å². The molecule has 3 rings (SSSR count). The van der Waals surface area contributed by atoms with E-state index >= 15 is 0 Å². The van der Waals surface area contributed by atoms with Crippen molar-refractivity contribution in [2.45, 2.75) is 33.2 Å². The third kappa shape index (κ3) is 2.81. The van der Waals surface area contributed by atoms with Crippen molar-refractivity contribution in [3.63, 3.8) is 0 Å². The van der Waals surface area contributed by atoms with Crippen molar-refractivity contribution < 1.29 is 0 Å². The van der Waals surface area contributed by atoms with Crippen molar-refractivity contribution in [1.82, 2.24) is 9.55 Å². The number of rotatable bonds is 4. The second-order valence-electron chi connectivity index (χ2n) is 5.45. The van der Waals surface area contributed by atoms with Gasteiger partial charge in [0.05, 0.1) is 17.6 Å². The van der Waals surface area contributed by atoms with E-state index in [1.54, 1.807) is 0 Å². The number of imidazole rings is 1. The number of para-hydroxylation sites is 2. The van der Waals surface area contributed by atoms with Gasteiger partial charge in [-0.25, -0.2) is 4.98 Å². The van der Waals surface area contributed by atoms with Gasteiger partial charge in [-0.1, -0.05) is 42.8 Å². The standard InChI is InChI=1S/C18H19ClN2/c1-3-6-18-20-16-7-4-5-8-17(16)21(18)12-14-10-9-13(2)11-15(14)19/h4-5,7-11H,3,6,12H2,1-2H3. The Labute approximate surface area is 130 Å². The predicted octanol–water partition coefficient (Wildman–Crippen LogP) is 5.00. The fourth-order valence-electron chi connectivity index (χ4n) is 2.67. The lowest BCUT2D eigenvalue weighted by molar-refractivity contribution is 0.722. The summed E-state index contributed by atoms with van der Waals surface area (Å²) in [5.74, 6) is 1.13. The largest absolute Gasteiger partial charge is 0.323 e. The molecule has 21 heavy (non-hydrogen) atoms. The zero-order valence-electron chi connectivity index (χ0n) is 12.4. The van der Waals surface area contributed by atoms with Crippen LogP contribution in [-0.2, 0) is 13.0 Å². The van der Waals surface area contributed by atoms with Crippen molar-refractivity contribution in [2.24, 2.45) is 0 Å². The summed E-state index contributed by atoms with van der Waals surface area (Å²) in [4.78, 5) is 4.77. The minimum Gasteiger partial charge on any atom is -0.323 e. The Morgan fingerprint density at radius 1 is 1.14 bits per heavy atom. The smallest absolute Gasteiger partial charge is 0.110 e. The van der Waals surface area contributed by atoms with Crippen LogP contribution < -0.4 is 0 Å². The van der Waals surface area contributed by atoms with Gasteiger partial charge in [0.15, 0.2) is 0 Å². The second-order valence-corrected chi connectivity index (χ2v) is 5.85. The number of aromatic nitrogens is 2. The average molecular weight is 299 g/mol. The number of nitrogens with zero attached hydrogens (tertiary/aromatic N) is 2. The van der Waals surface area contributed by atoms with Gasteiger partial charge >= 0.3 is 0 Å². The van der Waals surface area contributed by atoms with E-state index in [4.69, 9.17) is 16.6 Å². The van der Waals surface area contributed by atoms with E-state index in [1.165, 1.54) is 11.1 Å². The minimum atomic E-state index is 0.773. The third-order valence-electron chi connectivity index (χ3n) is 3.74. The highest BCUT2D eigenvalue weighted by molar-refractivity contribution is 6.31. The first-order chi connectivity index (χ1) is 10.2. The summed E-state index contributed by atoms with van der Waals surface area (Å²) in [7, 11) is 0. The highest BCUT2D eigenvalue weighted by Gasteiger charge is 2.11. The zero-order chi connectivity index (χ0) is 14.8. The molecule has 108 valence electrons. The van der Waals surface area contributed by atoms with Gasteiger partial charge in [0.25, 0.3) is 0 Å². The van der Waals surface area contributed by atoms with Gasteiger partial charge in [0.2, 0.25) is 0 Å². The summed E-state index contributed by atoms with van der Waals surface area (Å²) in [6, 6.07) is 14.5. The van der Waals surface area contributed by atoms with Gasteiger partial charge in [-0.3, -0.25) is 0 Å². The highest BCUT2D eigenvalue weighted by atomic mass is 35.5. The van der Waals surface area contributed by atoms with Crippen molar-refractivity contribution in [3.8, 4) is 0 Å². The van der Waals surface area contributed by atoms with Crippen molar-refractivity contribution in [3.05, 3.63) is 64.4 Å². The Kier molecular flexibility index (Phi) is 3.98. The maximum absolute atomic E-state index is 6.39. The summed E-state index contributed by atoms with van der Waals surface area (Å²) in [5.41, 5.74) is 4.57. The SMILES string of the molecule is CCCc1nc2ccccc2n1Cc1ccc(C)cc1Cl. The fourth-order valence-corrected chi connectivity index (χ4v) is 2.96. The number of benzene rings is 2. The zero-order valence-corrected chi connectivity index (χ0v) is 13.2. The highest BCUT2D eigenvalue weighted by Crippen LogP contribution is 2.23. The molecule has 2 nitrogen and oxygen atoms in total. The molecule has 0 saturated heterocycles. The molecule has 0 fully saturated rings. The summed E-state index contributed by atoms with van der Waals surface area (Å²) in [6.07, 6.45) is 2.07. The summed E-state index contributed by atoms with van der Waals surface area (Å²) >= 11 is 6.39. The van der Waals surface area contributed by atoms with Gasteiger partial charge < -0.3 is 4.57 Å². The molecule has 0 saturated carbocycles. The monoisotopic (exact) mass is 298 g/mol. The Balaban J connectivity index is 2.07. The Morgan fingerprint density at radius 3 is 2.71 bits per heavy atom. The van der Waals surface area contributed by atoms with Crippen LogP contribution in [0.3, 0.4) is 0 Å². The molecule has 0 bridgehead atoms. The summed E-state index contributed by atoms with van der Waals surface area (Å²) in [5, 5.41) is 0.829. The normalized spacial score (nSPS) is 11.2. The van der Waals surface area contributed by atoms with Gasteiger partial charge in [0.1, 0.15) is 5.82 Å². The molecule has 0 spiro atoms. The third-order valence-corrected chi connectivity index (χ3v) is 4.10. The molecule has 1 aromatic heterocycles. The van der Waals surface area contributed by atoms with Crippen molar-refractivity contribution in [1.29, 1.82) is 0 Å². The quantitative estimate of drug-likeness (QED) is 0.663. The van der Waals surface area contributed by atoms with Crippen LogP contribution in [0, 0.1) is 6.92 Å². The van der Waals surface area contributed by atoms with Crippen molar-refractivity contribution >= 4 is 22.6 Å². The second kappa shape index (κ2) is 5.90.